The van der Waals surface area contributed by atoms with Crippen molar-refractivity contribution in [3.05, 3.63) is 35.9 Å². The van der Waals surface area contributed by atoms with E-state index in [0.717, 1.165) is 13.0 Å². The van der Waals surface area contributed by atoms with Gasteiger partial charge in [-0.05, 0) is 25.5 Å². The number of rotatable bonds is 6. The van der Waals surface area contributed by atoms with Gasteiger partial charge < -0.3 is 10.1 Å². The lowest BCUT2D eigenvalue weighted by Crippen LogP contribution is -2.42. The molecule has 0 heterocycles. The zero-order chi connectivity index (χ0) is 12.0. The molecule has 1 N–H and O–H groups in total. The molecule has 2 unspecified atom stereocenters. The standard InChI is InChI=1S/C14H23NO/c1-5-14(3,16-4)13(15-6-2)12-10-8-7-9-11-12/h7-11,13,15H,5-6H2,1-4H3. The first-order valence-electron chi connectivity index (χ1n) is 6.01. The number of benzene rings is 1. The minimum Gasteiger partial charge on any atom is -0.377 e. The number of nitrogens with one attached hydrogen (secondary N) is 1. The largest absolute Gasteiger partial charge is 0.377 e. The molecule has 2 heteroatoms. The summed E-state index contributed by atoms with van der Waals surface area (Å²) in [5, 5.41) is 3.52. The van der Waals surface area contributed by atoms with Gasteiger partial charge in [0.25, 0.3) is 0 Å². The van der Waals surface area contributed by atoms with Crippen LogP contribution in [0.25, 0.3) is 0 Å². The van der Waals surface area contributed by atoms with Crippen LogP contribution in [0.3, 0.4) is 0 Å². The molecule has 1 aromatic rings. The first-order valence-corrected chi connectivity index (χ1v) is 6.01. The van der Waals surface area contributed by atoms with Crippen LogP contribution in [0, 0.1) is 0 Å². The lowest BCUT2D eigenvalue weighted by atomic mass is 9.87. The molecule has 2 atom stereocenters. The molecule has 0 radical (unpaired) electrons. The van der Waals surface area contributed by atoms with Gasteiger partial charge in [0.05, 0.1) is 11.6 Å². The van der Waals surface area contributed by atoms with E-state index < -0.39 is 0 Å². The molecule has 1 rings (SSSR count). The summed E-state index contributed by atoms with van der Waals surface area (Å²) in [6.07, 6.45) is 0.982. The highest BCUT2D eigenvalue weighted by Crippen LogP contribution is 2.31. The van der Waals surface area contributed by atoms with E-state index in [-0.39, 0.29) is 11.6 Å². The molecule has 0 aliphatic carbocycles. The molecule has 16 heavy (non-hydrogen) atoms. The van der Waals surface area contributed by atoms with E-state index in [1.54, 1.807) is 7.11 Å². The van der Waals surface area contributed by atoms with Crippen LogP contribution in [0.15, 0.2) is 30.3 Å². The number of likely N-dealkylation sites (N-methyl/N-ethyl adjacent to an activating group) is 1. The van der Waals surface area contributed by atoms with Crippen molar-refractivity contribution in [2.24, 2.45) is 0 Å². The van der Waals surface area contributed by atoms with Crippen molar-refractivity contribution in [2.45, 2.75) is 38.8 Å². The Morgan fingerprint density at radius 3 is 2.31 bits per heavy atom. The predicted octanol–water partition coefficient (Wildman–Crippen LogP) is 3.15. The molecule has 0 amide bonds. The van der Waals surface area contributed by atoms with E-state index in [9.17, 15) is 0 Å². The summed E-state index contributed by atoms with van der Waals surface area (Å²) in [4.78, 5) is 0. The van der Waals surface area contributed by atoms with Crippen LogP contribution in [0.4, 0.5) is 0 Å². The predicted molar refractivity (Wildman–Crippen MR) is 68.6 cm³/mol. The molecule has 0 spiro atoms. The summed E-state index contributed by atoms with van der Waals surface area (Å²) < 4.78 is 5.69. The minimum atomic E-state index is -0.155. The summed E-state index contributed by atoms with van der Waals surface area (Å²) in [5.74, 6) is 0. The summed E-state index contributed by atoms with van der Waals surface area (Å²) >= 11 is 0. The second-order valence-electron chi connectivity index (χ2n) is 4.27. The van der Waals surface area contributed by atoms with E-state index >= 15 is 0 Å². The first-order chi connectivity index (χ1) is 7.68. The zero-order valence-corrected chi connectivity index (χ0v) is 10.8. The van der Waals surface area contributed by atoms with Crippen LogP contribution in [-0.2, 0) is 4.74 Å². The van der Waals surface area contributed by atoms with Crippen molar-refractivity contribution >= 4 is 0 Å². The van der Waals surface area contributed by atoms with Crippen molar-refractivity contribution in [1.29, 1.82) is 0 Å². The molecule has 0 saturated heterocycles. The highest BCUT2D eigenvalue weighted by molar-refractivity contribution is 5.22. The lowest BCUT2D eigenvalue weighted by molar-refractivity contribution is -0.0295. The van der Waals surface area contributed by atoms with Gasteiger partial charge in [-0.3, -0.25) is 0 Å². The fourth-order valence-corrected chi connectivity index (χ4v) is 2.00. The smallest absolute Gasteiger partial charge is 0.0841 e. The summed E-state index contributed by atoms with van der Waals surface area (Å²) in [6, 6.07) is 10.7. The van der Waals surface area contributed by atoms with Crippen molar-refractivity contribution in [1.82, 2.24) is 5.32 Å². The van der Waals surface area contributed by atoms with Crippen molar-refractivity contribution in [2.75, 3.05) is 13.7 Å². The second kappa shape index (κ2) is 6.02. The van der Waals surface area contributed by atoms with Crippen LogP contribution in [0.2, 0.25) is 0 Å². The number of methoxy groups -OCH3 is 1. The van der Waals surface area contributed by atoms with E-state index in [0.29, 0.717) is 0 Å². The molecule has 0 aliphatic rings. The maximum absolute atomic E-state index is 5.69. The Bertz CT molecular complexity index is 293. The average Bonchev–Trinajstić information content (AvgIpc) is 2.36. The molecule has 0 bridgehead atoms. The van der Waals surface area contributed by atoms with Gasteiger partial charge in [0.2, 0.25) is 0 Å². The van der Waals surface area contributed by atoms with Crippen LogP contribution < -0.4 is 5.32 Å². The fourth-order valence-electron chi connectivity index (χ4n) is 2.00. The Labute approximate surface area is 99.0 Å². The number of hydrogen-bond donors (Lipinski definition) is 1. The first kappa shape index (κ1) is 13.2. The van der Waals surface area contributed by atoms with Crippen LogP contribution in [0.5, 0.6) is 0 Å². The molecule has 90 valence electrons. The van der Waals surface area contributed by atoms with Crippen molar-refractivity contribution in [3.8, 4) is 0 Å². The highest BCUT2D eigenvalue weighted by Gasteiger charge is 2.32. The van der Waals surface area contributed by atoms with Gasteiger partial charge in [-0.15, -0.1) is 0 Å². The molecular weight excluding hydrogens is 198 g/mol. The van der Waals surface area contributed by atoms with E-state index in [2.05, 4.69) is 50.4 Å². The lowest BCUT2D eigenvalue weighted by Gasteiger charge is -2.36. The number of ether oxygens (including phenoxy) is 1. The normalized spacial score (nSPS) is 16.8. The molecule has 0 fully saturated rings. The van der Waals surface area contributed by atoms with E-state index in [1.807, 2.05) is 6.07 Å². The third-order valence-corrected chi connectivity index (χ3v) is 3.32. The monoisotopic (exact) mass is 221 g/mol. The van der Waals surface area contributed by atoms with Gasteiger partial charge in [-0.2, -0.15) is 0 Å². The quantitative estimate of drug-likeness (QED) is 0.796. The zero-order valence-electron chi connectivity index (χ0n) is 10.8. The Morgan fingerprint density at radius 1 is 1.25 bits per heavy atom. The Balaban J connectivity index is 2.99. The molecule has 0 aromatic heterocycles. The van der Waals surface area contributed by atoms with Crippen LogP contribution in [0.1, 0.15) is 38.8 Å². The second-order valence-corrected chi connectivity index (χ2v) is 4.27. The Kier molecular flexibility index (Phi) is 4.97. The third kappa shape index (κ3) is 2.83. The van der Waals surface area contributed by atoms with Gasteiger partial charge in [0.1, 0.15) is 0 Å². The Hall–Kier alpha value is -0.860. The maximum Gasteiger partial charge on any atom is 0.0841 e. The third-order valence-electron chi connectivity index (χ3n) is 3.32. The van der Waals surface area contributed by atoms with Crippen molar-refractivity contribution in [3.63, 3.8) is 0 Å². The Morgan fingerprint density at radius 2 is 1.88 bits per heavy atom. The van der Waals surface area contributed by atoms with Crippen LogP contribution >= 0.6 is 0 Å². The SMILES string of the molecule is CCNC(c1ccccc1)C(C)(CC)OC. The molecule has 0 aliphatic heterocycles. The molecule has 0 saturated carbocycles. The topological polar surface area (TPSA) is 21.3 Å². The fraction of sp³-hybridized carbons (Fsp3) is 0.571. The molecular formula is C14H23NO. The summed E-state index contributed by atoms with van der Waals surface area (Å²) in [7, 11) is 1.79. The number of hydrogen-bond acceptors (Lipinski definition) is 2. The molecule has 1 aromatic carbocycles. The van der Waals surface area contributed by atoms with Gasteiger partial charge in [-0.25, -0.2) is 0 Å². The van der Waals surface area contributed by atoms with Gasteiger partial charge in [0, 0.05) is 7.11 Å². The summed E-state index contributed by atoms with van der Waals surface area (Å²) in [6.45, 7) is 7.39. The summed E-state index contributed by atoms with van der Waals surface area (Å²) in [5.41, 5.74) is 1.13. The highest BCUT2D eigenvalue weighted by atomic mass is 16.5. The maximum atomic E-state index is 5.69. The van der Waals surface area contributed by atoms with E-state index in [4.69, 9.17) is 4.74 Å². The van der Waals surface area contributed by atoms with Gasteiger partial charge in [-0.1, -0.05) is 44.2 Å². The average molecular weight is 221 g/mol. The van der Waals surface area contributed by atoms with Gasteiger partial charge in [0.15, 0.2) is 0 Å². The van der Waals surface area contributed by atoms with Gasteiger partial charge >= 0.3 is 0 Å². The minimum absolute atomic E-state index is 0.155. The van der Waals surface area contributed by atoms with Crippen LogP contribution in [-0.4, -0.2) is 19.3 Å². The molecule has 2 nitrogen and oxygen atoms in total. The van der Waals surface area contributed by atoms with Crippen molar-refractivity contribution < 1.29 is 4.74 Å². The van der Waals surface area contributed by atoms with E-state index in [1.165, 1.54) is 5.56 Å².